The van der Waals surface area contributed by atoms with Crippen LogP contribution in [0.15, 0.2) is 0 Å². The summed E-state index contributed by atoms with van der Waals surface area (Å²) < 4.78 is 83.3. The van der Waals surface area contributed by atoms with Gasteiger partial charge < -0.3 is 14.8 Å². The molecular formula is C10H15F6NO2. The van der Waals surface area contributed by atoms with Gasteiger partial charge in [-0.05, 0) is 20.4 Å². The molecule has 1 N–H and O–H groups in total. The Morgan fingerprint density at radius 3 is 2.05 bits per heavy atom. The third-order valence-electron chi connectivity index (χ3n) is 2.88. The van der Waals surface area contributed by atoms with Crippen LogP contribution in [0.2, 0.25) is 0 Å². The van der Waals surface area contributed by atoms with Gasteiger partial charge in [-0.1, -0.05) is 0 Å². The summed E-state index contributed by atoms with van der Waals surface area (Å²) in [5.41, 5.74) is 0. The molecule has 114 valence electrons. The largest absolute Gasteiger partial charge is 0.423 e. The Morgan fingerprint density at radius 1 is 1.16 bits per heavy atom. The molecule has 1 aliphatic carbocycles. The number of hydrogen-bond donors (Lipinski definition) is 1. The predicted molar refractivity (Wildman–Crippen MR) is 53.6 cm³/mol. The lowest BCUT2D eigenvalue weighted by Crippen LogP contribution is -2.62. The molecule has 0 radical (unpaired) electrons. The lowest BCUT2D eigenvalue weighted by molar-refractivity contribution is -0.345. The minimum Gasteiger partial charge on any atom is -0.374 e. The molecule has 1 rings (SSSR count). The van der Waals surface area contributed by atoms with Crippen LogP contribution in [0.4, 0.5) is 26.3 Å². The zero-order valence-corrected chi connectivity index (χ0v) is 10.3. The van der Waals surface area contributed by atoms with Gasteiger partial charge in [0.15, 0.2) is 0 Å². The molecule has 19 heavy (non-hydrogen) atoms. The van der Waals surface area contributed by atoms with E-state index in [0.29, 0.717) is 0 Å². The standard InChI is InChI=1S/C10H15F6NO2/c1-3-18-7-5(17-2)4-6(7)19-8(9(11,12)13)10(14,15)16/h5-8,17H,3-4H2,1-2H3. The molecule has 0 aliphatic heterocycles. The summed E-state index contributed by atoms with van der Waals surface area (Å²) in [5.74, 6) is 0. The van der Waals surface area contributed by atoms with Crippen molar-refractivity contribution in [3.63, 3.8) is 0 Å². The second-order valence-corrected chi connectivity index (χ2v) is 4.19. The van der Waals surface area contributed by atoms with Crippen LogP contribution in [0.5, 0.6) is 0 Å². The second-order valence-electron chi connectivity index (χ2n) is 4.19. The van der Waals surface area contributed by atoms with Gasteiger partial charge in [-0.25, -0.2) is 0 Å². The van der Waals surface area contributed by atoms with Crippen molar-refractivity contribution in [2.24, 2.45) is 0 Å². The highest BCUT2D eigenvalue weighted by molar-refractivity contribution is 4.98. The van der Waals surface area contributed by atoms with Crippen molar-refractivity contribution in [1.29, 1.82) is 0 Å². The Labute approximate surface area is 106 Å². The summed E-state index contributed by atoms with van der Waals surface area (Å²) in [7, 11) is 1.55. The van der Waals surface area contributed by atoms with Crippen LogP contribution >= 0.6 is 0 Å². The van der Waals surface area contributed by atoms with Crippen LogP contribution in [0.25, 0.3) is 0 Å². The van der Waals surface area contributed by atoms with E-state index in [9.17, 15) is 26.3 Å². The van der Waals surface area contributed by atoms with E-state index < -0.39 is 30.7 Å². The first-order chi connectivity index (χ1) is 8.61. The molecule has 0 aromatic heterocycles. The molecule has 9 heteroatoms. The lowest BCUT2D eigenvalue weighted by atomic mass is 9.85. The minimum atomic E-state index is -5.49. The number of halogens is 6. The highest BCUT2D eigenvalue weighted by Crippen LogP contribution is 2.39. The highest BCUT2D eigenvalue weighted by Gasteiger charge is 2.60. The molecule has 1 aliphatic rings. The van der Waals surface area contributed by atoms with Crippen LogP contribution in [0.3, 0.4) is 0 Å². The zero-order chi connectivity index (χ0) is 14.8. The van der Waals surface area contributed by atoms with E-state index in [-0.39, 0.29) is 19.1 Å². The van der Waals surface area contributed by atoms with Gasteiger partial charge in [0.25, 0.3) is 0 Å². The number of likely N-dealkylation sites (N-methyl/N-ethyl adjacent to an activating group) is 1. The molecule has 1 saturated carbocycles. The molecule has 0 aromatic rings. The quantitative estimate of drug-likeness (QED) is 0.789. The third-order valence-corrected chi connectivity index (χ3v) is 2.88. The smallest absolute Gasteiger partial charge is 0.374 e. The maximum Gasteiger partial charge on any atom is 0.423 e. The third kappa shape index (κ3) is 3.96. The van der Waals surface area contributed by atoms with E-state index in [0.717, 1.165) is 0 Å². The van der Waals surface area contributed by atoms with E-state index in [4.69, 9.17) is 4.74 Å². The first-order valence-electron chi connectivity index (χ1n) is 5.69. The zero-order valence-electron chi connectivity index (χ0n) is 10.3. The molecule has 3 nitrogen and oxygen atoms in total. The number of hydrogen-bond acceptors (Lipinski definition) is 3. The highest BCUT2D eigenvalue weighted by atomic mass is 19.4. The van der Waals surface area contributed by atoms with Gasteiger partial charge in [0.1, 0.15) is 0 Å². The fourth-order valence-corrected chi connectivity index (χ4v) is 1.93. The van der Waals surface area contributed by atoms with E-state index >= 15 is 0 Å². The van der Waals surface area contributed by atoms with Crippen molar-refractivity contribution >= 4 is 0 Å². The summed E-state index contributed by atoms with van der Waals surface area (Å²) in [4.78, 5) is 0. The molecule has 0 bridgehead atoms. The number of rotatable bonds is 5. The van der Waals surface area contributed by atoms with Crippen molar-refractivity contribution < 1.29 is 35.8 Å². The topological polar surface area (TPSA) is 30.5 Å². The van der Waals surface area contributed by atoms with Gasteiger partial charge >= 0.3 is 12.4 Å². The van der Waals surface area contributed by atoms with Crippen LogP contribution in [0, 0.1) is 0 Å². The minimum absolute atomic E-state index is 0.0455. The average Bonchev–Trinajstić information content (AvgIpc) is 2.21. The van der Waals surface area contributed by atoms with Crippen LogP contribution in [-0.2, 0) is 9.47 Å². The van der Waals surface area contributed by atoms with Crippen LogP contribution < -0.4 is 5.32 Å². The molecule has 0 amide bonds. The first kappa shape index (κ1) is 16.5. The van der Waals surface area contributed by atoms with Crippen molar-refractivity contribution in [1.82, 2.24) is 5.32 Å². The van der Waals surface area contributed by atoms with Crippen LogP contribution in [-0.4, -0.2) is 50.4 Å². The number of alkyl halides is 6. The molecule has 1 fully saturated rings. The van der Waals surface area contributed by atoms with Gasteiger partial charge in [-0.2, -0.15) is 26.3 Å². The van der Waals surface area contributed by atoms with Gasteiger partial charge in [0, 0.05) is 12.6 Å². The summed E-state index contributed by atoms with van der Waals surface area (Å²) in [5, 5.41) is 2.75. The van der Waals surface area contributed by atoms with Gasteiger partial charge in [-0.15, -0.1) is 0 Å². The molecule has 0 spiro atoms. The Balaban J connectivity index is 2.71. The fourth-order valence-electron chi connectivity index (χ4n) is 1.93. The predicted octanol–water partition coefficient (Wildman–Crippen LogP) is 2.26. The Kier molecular flexibility index (Phi) is 5.08. The van der Waals surface area contributed by atoms with E-state index in [1.165, 1.54) is 0 Å². The van der Waals surface area contributed by atoms with Gasteiger partial charge in [0.2, 0.25) is 6.10 Å². The maximum atomic E-state index is 12.3. The Hall–Kier alpha value is -0.540. The summed E-state index contributed by atoms with van der Waals surface area (Å²) in [6, 6.07) is -0.299. The molecule has 0 heterocycles. The van der Waals surface area contributed by atoms with E-state index in [2.05, 4.69) is 10.1 Å². The second kappa shape index (κ2) is 5.84. The van der Waals surface area contributed by atoms with E-state index in [1.54, 1.807) is 14.0 Å². The monoisotopic (exact) mass is 295 g/mol. The summed E-state index contributed by atoms with van der Waals surface area (Å²) >= 11 is 0. The SMILES string of the molecule is CCOC1C(NC)CC1OC(C(F)(F)F)C(F)(F)F. The van der Waals surface area contributed by atoms with Gasteiger partial charge in [-0.3, -0.25) is 0 Å². The Morgan fingerprint density at radius 2 is 1.68 bits per heavy atom. The molecule has 3 unspecified atom stereocenters. The molecular weight excluding hydrogens is 280 g/mol. The van der Waals surface area contributed by atoms with Crippen LogP contribution in [0.1, 0.15) is 13.3 Å². The summed E-state index contributed by atoms with van der Waals surface area (Å²) in [6.45, 7) is 1.79. The fraction of sp³-hybridized carbons (Fsp3) is 1.00. The maximum absolute atomic E-state index is 12.3. The van der Waals surface area contributed by atoms with Crippen molar-refractivity contribution in [3.05, 3.63) is 0 Å². The number of ether oxygens (including phenoxy) is 2. The van der Waals surface area contributed by atoms with Crippen molar-refractivity contribution in [2.45, 2.75) is 50.1 Å². The summed E-state index contributed by atoms with van der Waals surface area (Å²) in [6.07, 6.45) is -16.7. The van der Waals surface area contributed by atoms with Gasteiger partial charge in [0.05, 0.1) is 12.2 Å². The van der Waals surface area contributed by atoms with Crippen molar-refractivity contribution in [3.8, 4) is 0 Å². The van der Waals surface area contributed by atoms with E-state index in [1.807, 2.05) is 0 Å². The molecule has 0 saturated heterocycles. The molecule has 0 aromatic carbocycles. The molecule has 3 atom stereocenters. The number of nitrogens with one attached hydrogen (secondary N) is 1. The Bertz CT molecular complexity index is 279. The normalized spacial score (nSPS) is 28.6. The van der Waals surface area contributed by atoms with Crippen molar-refractivity contribution in [2.75, 3.05) is 13.7 Å². The first-order valence-corrected chi connectivity index (χ1v) is 5.69. The lowest BCUT2D eigenvalue weighted by Gasteiger charge is -2.45. The average molecular weight is 295 g/mol.